The van der Waals surface area contributed by atoms with Gasteiger partial charge in [-0.05, 0) is 50.9 Å². The Hall–Kier alpha value is -1.06. The molecule has 1 spiro atoms. The number of piperazine rings is 1. The van der Waals surface area contributed by atoms with Gasteiger partial charge < -0.3 is 10.2 Å². The fraction of sp³-hybridized carbons (Fsp3) is 0.882. The second-order valence-corrected chi connectivity index (χ2v) is 7.74. The molecule has 2 aliphatic carbocycles. The number of carbonyl (C=O) groups is 2. The number of rotatable bonds is 1. The lowest BCUT2D eigenvalue weighted by Crippen LogP contribution is -2.71. The molecule has 1 saturated heterocycles. The second-order valence-electron chi connectivity index (χ2n) is 7.74. The van der Waals surface area contributed by atoms with Gasteiger partial charge in [-0.25, -0.2) is 0 Å². The molecular formula is C17H28N2O2. The number of hydrogen-bond acceptors (Lipinski definition) is 2. The zero-order valence-corrected chi connectivity index (χ0v) is 13.5. The summed E-state index contributed by atoms with van der Waals surface area (Å²) in [6.07, 6.45) is 7.06. The maximum atomic E-state index is 13.1. The van der Waals surface area contributed by atoms with Crippen molar-refractivity contribution in [3.05, 3.63) is 0 Å². The molecule has 1 aliphatic heterocycles. The van der Waals surface area contributed by atoms with Crippen LogP contribution in [-0.2, 0) is 9.59 Å². The molecule has 0 radical (unpaired) electrons. The molecule has 4 nitrogen and oxygen atoms in total. The van der Waals surface area contributed by atoms with Gasteiger partial charge in [0.25, 0.3) is 0 Å². The molecule has 4 heteroatoms. The van der Waals surface area contributed by atoms with E-state index < -0.39 is 5.54 Å². The van der Waals surface area contributed by atoms with E-state index in [1.54, 1.807) is 0 Å². The van der Waals surface area contributed by atoms with Gasteiger partial charge in [0.05, 0.1) is 0 Å². The maximum absolute atomic E-state index is 13.1. The Morgan fingerprint density at radius 2 is 1.57 bits per heavy atom. The van der Waals surface area contributed by atoms with Gasteiger partial charge >= 0.3 is 0 Å². The molecule has 3 atom stereocenters. The van der Waals surface area contributed by atoms with Gasteiger partial charge in [-0.1, -0.05) is 26.7 Å². The number of carbonyl (C=O) groups excluding carboxylic acids is 2. The first kappa shape index (κ1) is 14.9. The van der Waals surface area contributed by atoms with E-state index in [0.717, 1.165) is 38.5 Å². The van der Waals surface area contributed by atoms with E-state index in [9.17, 15) is 9.59 Å². The van der Waals surface area contributed by atoms with E-state index in [1.165, 1.54) is 6.42 Å². The third-order valence-corrected chi connectivity index (χ3v) is 5.81. The van der Waals surface area contributed by atoms with E-state index in [-0.39, 0.29) is 23.9 Å². The standard InChI is InChI=1S/C17H28N2O2/c1-11-8-12(2)10-14(9-11)19-13(3)15(20)18-17(16(19)21)6-4-5-7-17/h11-14H,4-10H2,1-3H3,(H,18,20). The number of hydrogen-bond donors (Lipinski definition) is 1. The summed E-state index contributed by atoms with van der Waals surface area (Å²) in [6, 6.07) is -0.0685. The summed E-state index contributed by atoms with van der Waals surface area (Å²) in [6.45, 7) is 6.43. The second kappa shape index (κ2) is 5.29. The molecule has 1 heterocycles. The molecule has 2 saturated carbocycles. The summed E-state index contributed by atoms with van der Waals surface area (Å²) in [5, 5.41) is 3.05. The van der Waals surface area contributed by atoms with Crippen LogP contribution in [-0.4, -0.2) is 34.3 Å². The van der Waals surface area contributed by atoms with E-state index in [1.807, 2.05) is 11.8 Å². The van der Waals surface area contributed by atoms with Gasteiger partial charge in [-0.3, -0.25) is 9.59 Å². The molecule has 3 unspecified atom stereocenters. The molecule has 1 N–H and O–H groups in total. The molecule has 2 amide bonds. The van der Waals surface area contributed by atoms with Crippen molar-refractivity contribution in [2.45, 2.75) is 83.3 Å². The van der Waals surface area contributed by atoms with Crippen LogP contribution in [0.2, 0.25) is 0 Å². The monoisotopic (exact) mass is 292 g/mol. The van der Waals surface area contributed by atoms with Crippen molar-refractivity contribution in [2.75, 3.05) is 0 Å². The molecule has 0 bridgehead atoms. The van der Waals surface area contributed by atoms with Crippen molar-refractivity contribution in [3.8, 4) is 0 Å². The molecule has 3 rings (SSSR count). The SMILES string of the molecule is CC1CC(C)CC(N2C(=O)C3(CCCC3)NC(=O)C2C)C1. The Bertz CT molecular complexity index is 432. The fourth-order valence-electron chi connectivity index (χ4n) is 4.87. The molecular weight excluding hydrogens is 264 g/mol. The number of amides is 2. The summed E-state index contributed by atoms with van der Waals surface area (Å²) in [4.78, 5) is 27.5. The normalized spacial score (nSPS) is 39.7. The van der Waals surface area contributed by atoms with Crippen LogP contribution >= 0.6 is 0 Å². The topological polar surface area (TPSA) is 49.4 Å². The minimum Gasteiger partial charge on any atom is -0.340 e. The molecule has 3 aliphatic rings. The summed E-state index contributed by atoms with van der Waals surface area (Å²) in [7, 11) is 0. The quantitative estimate of drug-likeness (QED) is 0.807. The van der Waals surface area contributed by atoms with E-state index >= 15 is 0 Å². The Labute approximate surface area is 127 Å². The van der Waals surface area contributed by atoms with Crippen molar-refractivity contribution >= 4 is 11.8 Å². The van der Waals surface area contributed by atoms with Crippen molar-refractivity contribution in [3.63, 3.8) is 0 Å². The van der Waals surface area contributed by atoms with Crippen LogP contribution in [0.15, 0.2) is 0 Å². The molecule has 0 aromatic rings. The first-order valence-electron chi connectivity index (χ1n) is 8.58. The van der Waals surface area contributed by atoms with Crippen LogP contribution in [0.4, 0.5) is 0 Å². The fourth-order valence-corrected chi connectivity index (χ4v) is 4.87. The predicted octanol–water partition coefficient (Wildman–Crippen LogP) is 2.47. The minimum absolute atomic E-state index is 0.0439. The van der Waals surface area contributed by atoms with Crippen LogP contribution < -0.4 is 5.32 Å². The lowest BCUT2D eigenvalue weighted by molar-refractivity contribution is -0.158. The van der Waals surface area contributed by atoms with Crippen LogP contribution in [0, 0.1) is 11.8 Å². The van der Waals surface area contributed by atoms with Crippen molar-refractivity contribution in [1.29, 1.82) is 0 Å². The first-order valence-corrected chi connectivity index (χ1v) is 8.58. The van der Waals surface area contributed by atoms with Crippen molar-refractivity contribution in [1.82, 2.24) is 10.2 Å². The Morgan fingerprint density at radius 1 is 1.00 bits per heavy atom. The Morgan fingerprint density at radius 3 is 2.14 bits per heavy atom. The van der Waals surface area contributed by atoms with E-state index in [0.29, 0.717) is 11.8 Å². The summed E-state index contributed by atoms with van der Waals surface area (Å²) in [5.74, 6) is 1.52. The zero-order valence-electron chi connectivity index (χ0n) is 13.5. The Balaban J connectivity index is 1.87. The van der Waals surface area contributed by atoms with Crippen molar-refractivity contribution in [2.24, 2.45) is 11.8 Å². The van der Waals surface area contributed by atoms with Crippen LogP contribution in [0.25, 0.3) is 0 Å². The lowest BCUT2D eigenvalue weighted by Gasteiger charge is -2.49. The third-order valence-electron chi connectivity index (χ3n) is 5.81. The van der Waals surface area contributed by atoms with Crippen LogP contribution in [0.1, 0.15) is 65.7 Å². The van der Waals surface area contributed by atoms with E-state index in [4.69, 9.17) is 0 Å². The lowest BCUT2D eigenvalue weighted by atomic mass is 9.78. The highest BCUT2D eigenvalue weighted by Crippen LogP contribution is 2.39. The maximum Gasteiger partial charge on any atom is 0.249 e. The first-order chi connectivity index (χ1) is 9.93. The highest BCUT2D eigenvalue weighted by Gasteiger charge is 2.52. The highest BCUT2D eigenvalue weighted by atomic mass is 16.2. The largest absolute Gasteiger partial charge is 0.340 e. The predicted molar refractivity (Wildman–Crippen MR) is 81.6 cm³/mol. The van der Waals surface area contributed by atoms with Gasteiger partial charge in [-0.15, -0.1) is 0 Å². The minimum atomic E-state index is -0.576. The molecule has 118 valence electrons. The summed E-state index contributed by atoms with van der Waals surface area (Å²) >= 11 is 0. The van der Waals surface area contributed by atoms with Gasteiger partial charge in [0.2, 0.25) is 11.8 Å². The smallest absolute Gasteiger partial charge is 0.249 e. The van der Waals surface area contributed by atoms with Crippen LogP contribution in [0.5, 0.6) is 0 Å². The average molecular weight is 292 g/mol. The third kappa shape index (κ3) is 2.47. The molecule has 0 aromatic heterocycles. The van der Waals surface area contributed by atoms with E-state index in [2.05, 4.69) is 19.2 Å². The van der Waals surface area contributed by atoms with Crippen LogP contribution in [0.3, 0.4) is 0 Å². The van der Waals surface area contributed by atoms with Gasteiger partial charge in [0.15, 0.2) is 0 Å². The molecule has 3 fully saturated rings. The molecule has 0 aromatic carbocycles. The number of nitrogens with one attached hydrogen (secondary N) is 1. The van der Waals surface area contributed by atoms with Gasteiger partial charge in [-0.2, -0.15) is 0 Å². The Kier molecular flexibility index (Phi) is 3.74. The van der Waals surface area contributed by atoms with Gasteiger partial charge in [0.1, 0.15) is 11.6 Å². The summed E-state index contributed by atoms with van der Waals surface area (Å²) in [5.41, 5.74) is -0.576. The average Bonchev–Trinajstić information content (AvgIpc) is 2.85. The van der Waals surface area contributed by atoms with Gasteiger partial charge in [0, 0.05) is 6.04 Å². The zero-order chi connectivity index (χ0) is 15.2. The molecule has 21 heavy (non-hydrogen) atoms. The number of nitrogens with zero attached hydrogens (tertiary/aromatic N) is 1. The highest BCUT2D eigenvalue weighted by molar-refractivity contribution is 6.00. The summed E-state index contributed by atoms with van der Waals surface area (Å²) < 4.78 is 0. The van der Waals surface area contributed by atoms with Crippen molar-refractivity contribution < 1.29 is 9.59 Å².